The van der Waals surface area contributed by atoms with Crippen LogP contribution in [0.4, 0.5) is 0 Å². The molecule has 2 aromatic rings. The van der Waals surface area contributed by atoms with Crippen molar-refractivity contribution in [1.82, 2.24) is 9.55 Å². The Kier molecular flexibility index (Phi) is 5.28. The maximum absolute atomic E-state index is 5.67. The van der Waals surface area contributed by atoms with Crippen molar-refractivity contribution in [3.8, 4) is 11.4 Å². The molecule has 1 aromatic heterocycles. The molecule has 0 fully saturated rings. The van der Waals surface area contributed by atoms with Crippen molar-refractivity contribution >= 4 is 11.6 Å². The van der Waals surface area contributed by atoms with Crippen LogP contribution in [0.15, 0.2) is 42.7 Å². The lowest BCUT2D eigenvalue weighted by atomic mass is 10.2. The molecule has 1 aromatic carbocycles. The van der Waals surface area contributed by atoms with Gasteiger partial charge in [-0.15, -0.1) is 11.6 Å². The maximum Gasteiger partial charge on any atom is 0.139 e. The molecule has 0 saturated carbocycles. The van der Waals surface area contributed by atoms with Crippen molar-refractivity contribution in [1.29, 1.82) is 0 Å². The minimum Gasteiger partial charge on any atom is -0.331 e. The van der Waals surface area contributed by atoms with Gasteiger partial charge in [-0.25, -0.2) is 4.98 Å². The molecule has 2 rings (SSSR count). The lowest BCUT2D eigenvalue weighted by Crippen LogP contribution is -1.99. The number of imidazole rings is 1. The Morgan fingerprint density at radius 1 is 1.00 bits per heavy atom. The standard InChI is InChI=1S/C15H19ClN2/c16-10-6-1-2-7-12-18-13-11-17-15(18)14-8-4-3-5-9-14/h3-5,8-9,11,13H,1-2,6-7,10,12H2. The van der Waals surface area contributed by atoms with Crippen LogP contribution in [0.5, 0.6) is 0 Å². The third-order valence-corrected chi connectivity index (χ3v) is 3.30. The molecule has 0 bridgehead atoms. The first-order valence-corrected chi connectivity index (χ1v) is 7.08. The molecule has 0 amide bonds. The van der Waals surface area contributed by atoms with E-state index in [0.29, 0.717) is 0 Å². The number of unbranched alkanes of at least 4 members (excludes halogenated alkanes) is 3. The number of hydrogen-bond acceptors (Lipinski definition) is 1. The Morgan fingerprint density at radius 3 is 2.56 bits per heavy atom. The summed E-state index contributed by atoms with van der Waals surface area (Å²) in [7, 11) is 0. The van der Waals surface area contributed by atoms with Gasteiger partial charge in [0.25, 0.3) is 0 Å². The molecule has 0 aliphatic carbocycles. The molecule has 96 valence electrons. The Labute approximate surface area is 114 Å². The number of halogens is 1. The van der Waals surface area contributed by atoms with Gasteiger partial charge in [0, 0.05) is 30.4 Å². The second-order valence-corrected chi connectivity index (χ2v) is 4.79. The Bertz CT molecular complexity index is 451. The second kappa shape index (κ2) is 7.22. The summed E-state index contributed by atoms with van der Waals surface area (Å²) in [4.78, 5) is 4.44. The monoisotopic (exact) mass is 262 g/mol. The van der Waals surface area contributed by atoms with E-state index in [4.69, 9.17) is 11.6 Å². The summed E-state index contributed by atoms with van der Waals surface area (Å²) < 4.78 is 2.23. The quantitative estimate of drug-likeness (QED) is 0.536. The summed E-state index contributed by atoms with van der Waals surface area (Å²) in [6, 6.07) is 10.3. The average molecular weight is 263 g/mol. The van der Waals surface area contributed by atoms with Crippen LogP contribution in [0.3, 0.4) is 0 Å². The molecule has 0 saturated heterocycles. The van der Waals surface area contributed by atoms with E-state index in [9.17, 15) is 0 Å². The Hall–Kier alpha value is -1.28. The van der Waals surface area contributed by atoms with Crippen LogP contribution in [0.1, 0.15) is 25.7 Å². The van der Waals surface area contributed by atoms with Crippen LogP contribution in [-0.4, -0.2) is 15.4 Å². The van der Waals surface area contributed by atoms with E-state index in [0.717, 1.165) is 24.7 Å². The van der Waals surface area contributed by atoms with Gasteiger partial charge in [0.15, 0.2) is 0 Å². The first kappa shape index (κ1) is 13.2. The van der Waals surface area contributed by atoms with Gasteiger partial charge < -0.3 is 4.57 Å². The van der Waals surface area contributed by atoms with Crippen LogP contribution in [0, 0.1) is 0 Å². The summed E-state index contributed by atoms with van der Waals surface area (Å²) >= 11 is 5.67. The third-order valence-electron chi connectivity index (χ3n) is 3.03. The van der Waals surface area contributed by atoms with E-state index in [1.54, 1.807) is 0 Å². The number of aromatic nitrogens is 2. The minimum absolute atomic E-state index is 0.778. The zero-order valence-electron chi connectivity index (χ0n) is 10.6. The highest BCUT2D eigenvalue weighted by Gasteiger charge is 2.04. The molecule has 0 aliphatic heterocycles. The molecule has 2 nitrogen and oxygen atoms in total. The van der Waals surface area contributed by atoms with Crippen LogP contribution in [0.2, 0.25) is 0 Å². The van der Waals surface area contributed by atoms with Crippen molar-refractivity contribution in [2.45, 2.75) is 32.2 Å². The molecule has 1 heterocycles. The van der Waals surface area contributed by atoms with Gasteiger partial charge >= 0.3 is 0 Å². The van der Waals surface area contributed by atoms with Gasteiger partial charge in [0.1, 0.15) is 5.82 Å². The van der Waals surface area contributed by atoms with Crippen LogP contribution < -0.4 is 0 Å². The number of rotatable bonds is 7. The molecule has 0 aliphatic rings. The van der Waals surface area contributed by atoms with E-state index in [1.165, 1.54) is 24.8 Å². The molecule has 18 heavy (non-hydrogen) atoms. The SMILES string of the molecule is ClCCCCCCn1ccnc1-c1ccccc1. The average Bonchev–Trinajstić information content (AvgIpc) is 2.88. The van der Waals surface area contributed by atoms with Crippen molar-refractivity contribution in [2.24, 2.45) is 0 Å². The van der Waals surface area contributed by atoms with Gasteiger partial charge in [-0.3, -0.25) is 0 Å². The number of aryl methyl sites for hydroxylation is 1. The highest BCUT2D eigenvalue weighted by Crippen LogP contribution is 2.17. The first-order valence-electron chi connectivity index (χ1n) is 6.54. The molecule has 0 unspecified atom stereocenters. The minimum atomic E-state index is 0.778. The lowest BCUT2D eigenvalue weighted by Gasteiger charge is -2.07. The summed E-state index contributed by atoms with van der Waals surface area (Å²) in [6.07, 6.45) is 8.70. The smallest absolute Gasteiger partial charge is 0.139 e. The predicted molar refractivity (Wildman–Crippen MR) is 76.9 cm³/mol. The highest BCUT2D eigenvalue weighted by molar-refractivity contribution is 6.17. The van der Waals surface area contributed by atoms with Gasteiger partial charge in [0.2, 0.25) is 0 Å². The number of alkyl halides is 1. The van der Waals surface area contributed by atoms with Gasteiger partial charge in [-0.05, 0) is 12.8 Å². The maximum atomic E-state index is 5.67. The topological polar surface area (TPSA) is 17.8 Å². The van der Waals surface area contributed by atoms with Crippen LogP contribution in [-0.2, 0) is 6.54 Å². The molecule has 3 heteroatoms. The van der Waals surface area contributed by atoms with Crippen molar-refractivity contribution in [3.63, 3.8) is 0 Å². The van der Waals surface area contributed by atoms with Crippen molar-refractivity contribution in [2.75, 3.05) is 5.88 Å². The molecule has 0 radical (unpaired) electrons. The molecular formula is C15H19ClN2. The Morgan fingerprint density at radius 2 is 1.78 bits per heavy atom. The van der Waals surface area contributed by atoms with Crippen molar-refractivity contribution in [3.05, 3.63) is 42.7 Å². The molecule has 0 atom stereocenters. The fourth-order valence-corrected chi connectivity index (χ4v) is 2.26. The number of nitrogens with zero attached hydrogens (tertiary/aromatic N) is 2. The van der Waals surface area contributed by atoms with Crippen molar-refractivity contribution < 1.29 is 0 Å². The molecule has 0 spiro atoms. The fourth-order valence-electron chi connectivity index (χ4n) is 2.07. The first-order chi connectivity index (χ1) is 8.92. The van der Waals surface area contributed by atoms with E-state index in [2.05, 4.69) is 40.0 Å². The van der Waals surface area contributed by atoms with Gasteiger partial charge in [-0.2, -0.15) is 0 Å². The largest absolute Gasteiger partial charge is 0.331 e. The molecule has 0 N–H and O–H groups in total. The third kappa shape index (κ3) is 3.61. The molecular weight excluding hydrogens is 244 g/mol. The van der Waals surface area contributed by atoms with Gasteiger partial charge in [0.05, 0.1) is 0 Å². The summed E-state index contributed by atoms with van der Waals surface area (Å²) in [5.41, 5.74) is 1.18. The zero-order chi connectivity index (χ0) is 12.6. The number of benzene rings is 1. The van der Waals surface area contributed by atoms with Crippen LogP contribution >= 0.6 is 11.6 Å². The lowest BCUT2D eigenvalue weighted by molar-refractivity contribution is 0.587. The van der Waals surface area contributed by atoms with E-state index in [1.807, 2.05) is 12.3 Å². The normalized spacial score (nSPS) is 10.7. The summed E-state index contributed by atoms with van der Waals surface area (Å²) in [5.74, 6) is 1.84. The zero-order valence-corrected chi connectivity index (χ0v) is 11.3. The predicted octanol–water partition coefficient (Wildman–Crippen LogP) is 4.35. The summed E-state index contributed by atoms with van der Waals surface area (Å²) in [5, 5.41) is 0. The van der Waals surface area contributed by atoms with E-state index in [-0.39, 0.29) is 0 Å². The van der Waals surface area contributed by atoms with Crippen LogP contribution in [0.25, 0.3) is 11.4 Å². The number of hydrogen-bond donors (Lipinski definition) is 0. The van der Waals surface area contributed by atoms with E-state index < -0.39 is 0 Å². The van der Waals surface area contributed by atoms with E-state index >= 15 is 0 Å². The fraction of sp³-hybridized carbons (Fsp3) is 0.400. The summed E-state index contributed by atoms with van der Waals surface area (Å²) in [6.45, 7) is 1.03. The van der Waals surface area contributed by atoms with Gasteiger partial charge in [-0.1, -0.05) is 43.2 Å². The Balaban J connectivity index is 1.92. The highest BCUT2D eigenvalue weighted by atomic mass is 35.5. The second-order valence-electron chi connectivity index (χ2n) is 4.41.